The molecule has 0 aliphatic heterocycles. The molecule has 0 radical (unpaired) electrons. The smallest absolute Gasteiger partial charge is 0.312 e. The number of thiophene rings is 1. The summed E-state index contributed by atoms with van der Waals surface area (Å²) in [6.45, 7) is 1.56. The lowest BCUT2D eigenvalue weighted by Gasteiger charge is -2.12. The Morgan fingerprint density at radius 3 is 2.64 bits per heavy atom. The predicted molar refractivity (Wildman–Crippen MR) is 100 cm³/mol. The fraction of sp³-hybridized carbons (Fsp3) is 0.167. The molecule has 128 valence electrons. The molecule has 25 heavy (non-hydrogen) atoms. The third-order valence-corrected chi connectivity index (χ3v) is 5.33. The van der Waals surface area contributed by atoms with E-state index in [9.17, 15) is 9.59 Å². The summed E-state index contributed by atoms with van der Waals surface area (Å²) in [4.78, 5) is 28.8. The van der Waals surface area contributed by atoms with Crippen LogP contribution >= 0.6 is 34.3 Å². The molecule has 0 amide bonds. The molecule has 4 nitrogen and oxygen atoms in total. The molecule has 0 bridgehead atoms. The highest BCUT2D eigenvalue weighted by molar-refractivity contribution is 7.14. The van der Waals surface area contributed by atoms with E-state index in [1.807, 2.05) is 22.2 Å². The van der Waals surface area contributed by atoms with E-state index in [-0.39, 0.29) is 12.2 Å². The van der Waals surface area contributed by atoms with E-state index in [4.69, 9.17) is 16.3 Å². The van der Waals surface area contributed by atoms with Crippen LogP contribution in [-0.4, -0.2) is 22.8 Å². The summed E-state index contributed by atoms with van der Waals surface area (Å²) in [6.07, 6.45) is -0.817. The Morgan fingerprint density at radius 2 is 1.96 bits per heavy atom. The van der Waals surface area contributed by atoms with E-state index < -0.39 is 12.1 Å². The molecule has 1 aromatic carbocycles. The lowest BCUT2D eigenvalue weighted by atomic mass is 10.1. The van der Waals surface area contributed by atoms with Gasteiger partial charge >= 0.3 is 5.97 Å². The zero-order chi connectivity index (χ0) is 17.8. The highest BCUT2D eigenvalue weighted by Gasteiger charge is 2.20. The molecule has 0 fully saturated rings. The molecule has 7 heteroatoms. The van der Waals surface area contributed by atoms with Crippen LogP contribution in [0.1, 0.15) is 23.0 Å². The Bertz CT molecular complexity index is 872. The van der Waals surface area contributed by atoms with Gasteiger partial charge in [0.2, 0.25) is 5.78 Å². The molecule has 0 saturated carbocycles. The van der Waals surface area contributed by atoms with E-state index >= 15 is 0 Å². The molecule has 1 atom stereocenters. The largest absolute Gasteiger partial charge is 0.454 e. The van der Waals surface area contributed by atoms with Gasteiger partial charge in [-0.2, -0.15) is 11.3 Å². The van der Waals surface area contributed by atoms with Crippen LogP contribution in [0.4, 0.5) is 0 Å². The van der Waals surface area contributed by atoms with Gasteiger partial charge in [0, 0.05) is 26.9 Å². The Labute approximate surface area is 158 Å². The predicted octanol–water partition coefficient (Wildman–Crippen LogP) is 4.88. The van der Waals surface area contributed by atoms with Crippen LogP contribution in [-0.2, 0) is 16.0 Å². The third-order valence-electron chi connectivity index (χ3n) is 3.45. The summed E-state index contributed by atoms with van der Waals surface area (Å²) in [5.74, 6) is -0.737. The highest BCUT2D eigenvalue weighted by atomic mass is 35.5. The SMILES string of the molecule is C[C@@H](OC(=O)Cc1csc(-c2ccsc2)n1)C(=O)c1ccc(Cl)cc1. The molecule has 2 heterocycles. The Morgan fingerprint density at radius 1 is 1.20 bits per heavy atom. The number of aromatic nitrogens is 1. The Hall–Kier alpha value is -2.02. The number of thiazole rings is 1. The number of Topliss-reactive ketones (excluding diaryl/α,β-unsaturated/α-hetero) is 1. The van der Waals surface area contributed by atoms with Crippen LogP contribution in [0, 0.1) is 0 Å². The molecule has 0 aliphatic carbocycles. The zero-order valence-corrected chi connectivity index (χ0v) is 15.7. The second-order valence-corrected chi connectivity index (χ2v) is 7.41. The van der Waals surface area contributed by atoms with E-state index in [2.05, 4.69) is 4.98 Å². The van der Waals surface area contributed by atoms with Gasteiger partial charge in [-0.05, 0) is 42.6 Å². The number of ether oxygens (including phenoxy) is 1. The topological polar surface area (TPSA) is 56.3 Å². The van der Waals surface area contributed by atoms with E-state index in [1.54, 1.807) is 42.5 Å². The van der Waals surface area contributed by atoms with Crippen molar-refractivity contribution in [2.45, 2.75) is 19.4 Å². The molecule has 0 unspecified atom stereocenters. The van der Waals surface area contributed by atoms with Gasteiger partial charge < -0.3 is 4.74 Å². The van der Waals surface area contributed by atoms with Gasteiger partial charge in [-0.25, -0.2) is 4.98 Å². The number of ketones is 1. The first-order valence-electron chi connectivity index (χ1n) is 7.49. The average molecular weight is 392 g/mol. The van der Waals surface area contributed by atoms with Crippen LogP contribution in [0.5, 0.6) is 0 Å². The van der Waals surface area contributed by atoms with Crippen molar-refractivity contribution in [2.75, 3.05) is 0 Å². The third kappa shape index (κ3) is 4.54. The van der Waals surface area contributed by atoms with Crippen LogP contribution in [0.15, 0.2) is 46.5 Å². The number of hydrogen-bond donors (Lipinski definition) is 0. The minimum Gasteiger partial charge on any atom is -0.454 e. The number of carbonyl (C=O) groups excluding carboxylic acids is 2. The van der Waals surface area contributed by atoms with Crippen LogP contribution in [0.3, 0.4) is 0 Å². The van der Waals surface area contributed by atoms with Crippen molar-refractivity contribution < 1.29 is 14.3 Å². The number of nitrogens with zero attached hydrogens (tertiary/aromatic N) is 1. The minimum absolute atomic E-state index is 0.0406. The summed E-state index contributed by atoms with van der Waals surface area (Å²) < 4.78 is 5.25. The molecule has 3 aromatic rings. The van der Waals surface area contributed by atoms with Crippen LogP contribution in [0.2, 0.25) is 5.02 Å². The van der Waals surface area contributed by atoms with Crippen molar-refractivity contribution in [1.29, 1.82) is 0 Å². The van der Waals surface area contributed by atoms with Crippen molar-refractivity contribution in [3.05, 3.63) is 62.8 Å². The first kappa shape index (κ1) is 17.8. The summed E-state index contributed by atoms with van der Waals surface area (Å²) in [5, 5.41) is 7.24. The second-order valence-electron chi connectivity index (χ2n) is 5.34. The maximum Gasteiger partial charge on any atom is 0.312 e. The standard InChI is InChI=1S/C18H14ClNO3S2/c1-11(17(22)12-2-4-14(19)5-3-12)23-16(21)8-15-10-25-18(20-15)13-6-7-24-9-13/h2-7,9-11H,8H2,1H3/t11-/m1/s1. The number of esters is 1. The summed E-state index contributed by atoms with van der Waals surface area (Å²) in [7, 11) is 0. The van der Waals surface area contributed by atoms with Crippen molar-refractivity contribution in [3.63, 3.8) is 0 Å². The van der Waals surface area contributed by atoms with Gasteiger partial charge in [0.25, 0.3) is 0 Å². The van der Waals surface area contributed by atoms with E-state index in [0.717, 1.165) is 10.6 Å². The average Bonchev–Trinajstić information content (AvgIpc) is 3.26. The monoisotopic (exact) mass is 391 g/mol. The first-order chi connectivity index (χ1) is 12.0. The van der Waals surface area contributed by atoms with Crippen molar-refractivity contribution in [3.8, 4) is 10.6 Å². The molecule has 0 aliphatic rings. The normalized spacial score (nSPS) is 11.9. The molecular weight excluding hydrogens is 378 g/mol. The lowest BCUT2D eigenvalue weighted by Crippen LogP contribution is -2.25. The Kier molecular flexibility index (Phi) is 5.63. The van der Waals surface area contributed by atoms with Crippen LogP contribution < -0.4 is 0 Å². The summed E-state index contributed by atoms with van der Waals surface area (Å²) in [5.41, 5.74) is 2.14. The second kappa shape index (κ2) is 7.91. The van der Waals surface area contributed by atoms with Crippen molar-refractivity contribution in [1.82, 2.24) is 4.98 Å². The molecular formula is C18H14ClNO3S2. The Balaban J connectivity index is 1.58. The summed E-state index contributed by atoms with van der Waals surface area (Å²) >= 11 is 8.89. The van der Waals surface area contributed by atoms with Gasteiger partial charge in [0.05, 0.1) is 12.1 Å². The molecule has 3 rings (SSSR count). The minimum atomic E-state index is -0.858. The number of hydrogen-bond acceptors (Lipinski definition) is 6. The highest BCUT2D eigenvalue weighted by Crippen LogP contribution is 2.26. The van der Waals surface area contributed by atoms with Gasteiger partial charge in [-0.1, -0.05) is 11.6 Å². The fourth-order valence-corrected chi connectivity index (χ4v) is 3.85. The van der Waals surface area contributed by atoms with Crippen molar-refractivity contribution >= 4 is 46.0 Å². The quantitative estimate of drug-likeness (QED) is 0.443. The molecule has 2 aromatic heterocycles. The number of carbonyl (C=O) groups is 2. The van der Waals surface area contributed by atoms with Gasteiger partial charge in [-0.15, -0.1) is 11.3 Å². The molecule has 0 saturated heterocycles. The van der Waals surface area contributed by atoms with Gasteiger partial charge in [0.15, 0.2) is 6.10 Å². The van der Waals surface area contributed by atoms with E-state index in [0.29, 0.717) is 16.3 Å². The van der Waals surface area contributed by atoms with Crippen LogP contribution in [0.25, 0.3) is 10.6 Å². The number of benzene rings is 1. The summed E-state index contributed by atoms with van der Waals surface area (Å²) in [6, 6.07) is 8.47. The maximum atomic E-state index is 12.3. The van der Waals surface area contributed by atoms with Gasteiger partial charge in [-0.3, -0.25) is 9.59 Å². The number of rotatable bonds is 6. The zero-order valence-electron chi connectivity index (χ0n) is 13.3. The van der Waals surface area contributed by atoms with Gasteiger partial charge in [0.1, 0.15) is 5.01 Å². The van der Waals surface area contributed by atoms with E-state index in [1.165, 1.54) is 11.3 Å². The first-order valence-corrected chi connectivity index (χ1v) is 9.69. The van der Waals surface area contributed by atoms with Crippen molar-refractivity contribution in [2.24, 2.45) is 0 Å². The lowest BCUT2D eigenvalue weighted by molar-refractivity contribution is -0.145. The number of halogens is 1. The maximum absolute atomic E-state index is 12.3. The fourth-order valence-electron chi connectivity index (χ4n) is 2.20. The molecule has 0 N–H and O–H groups in total. The molecule has 0 spiro atoms.